The zero-order valence-electron chi connectivity index (χ0n) is 10.1. The first-order valence-corrected chi connectivity index (χ1v) is 6.18. The maximum absolute atomic E-state index is 6.04. The monoisotopic (exact) mass is 215 g/mol. The van der Waals surface area contributed by atoms with E-state index in [0.717, 1.165) is 45.5 Å². The minimum absolute atomic E-state index is 0.0850. The molecule has 1 aliphatic rings. The molecule has 3 nitrogen and oxygen atoms in total. The highest BCUT2D eigenvalue weighted by molar-refractivity contribution is 4.79. The van der Waals surface area contributed by atoms with Crippen molar-refractivity contribution in [2.75, 3.05) is 26.4 Å². The second-order valence-corrected chi connectivity index (χ2v) is 4.46. The maximum Gasteiger partial charge on any atom is 0.0799 e. The number of hydrogen-bond acceptors (Lipinski definition) is 3. The van der Waals surface area contributed by atoms with Crippen molar-refractivity contribution < 1.29 is 9.47 Å². The Morgan fingerprint density at radius 3 is 2.33 bits per heavy atom. The van der Waals surface area contributed by atoms with Crippen LogP contribution in [0.25, 0.3) is 0 Å². The van der Waals surface area contributed by atoms with Crippen molar-refractivity contribution >= 4 is 0 Å². The van der Waals surface area contributed by atoms with Crippen LogP contribution in [0.2, 0.25) is 0 Å². The second-order valence-electron chi connectivity index (χ2n) is 4.46. The van der Waals surface area contributed by atoms with Gasteiger partial charge >= 0.3 is 0 Å². The molecule has 15 heavy (non-hydrogen) atoms. The first-order chi connectivity index (χ1) is 7.26. The lowest BCUT2D eigenvalue weighted by Crippen LogP contribution is -2.41. The van der Waals surface area contributed by atoms with Gasteiger partial charge in [0.05, 0.1) is 12.2 Å². The molecule has 0 saturated carbocycles. The molecule has 0 spiro atoms. The number of hydrogen-bond donors (Lipinski definition) is 1. The van der Waals surface area contributed by atoms with Crippen molar-refractivity contribution in [3.63, 3.8) is 0 Å². The molecule has 0 atom stereocenters. The van der Waals surface area contributed by atoms with Gasteiger partial charge in [-0.05, 0) is 31.6 Å². The van der Waals surface area contributed by atoms with Gasteiger partial charge in [-0.25, -0.2) is 0 Å². The summed E-state index contributed by atoms with van der Waals surface area (Å²) in [4.78, 5) is 0. The average molecular weight is 215 g/mol. The Kier molecular flexibility index (Phi) is 5.58. The molecule has 0 aliphatic carbocycles. The molecule has 0 unspecified atom stereocenters. The lowest BCUT2D eigenvalue weighted by Gasteiger charge is -2.33. The van der Waals surface area contributed by atoms with Crippen LogP contribution in [0.4, 0.5) is 0 Å². The highest BCUT2D eigenvalue weighted by atomic mass is 16.5. The van der Waals surface area contributed by atoms with Gasteiger partial charge < -0.3 is 15.2 Å². The van der Waals surface area contributed by atoms with E-state index in [9.17, 15) is 0 Å². The van der Waals surface area contributed by atoms with Crippen LogP contribution in [0.15, 0.2) is 0 Å². The number of ether oxygens (including phenoxy) is 2. The second kappa shape index (κ2) is 6.46. The first kappa shape index (κ1) is 12.9. The van der Waals surface area contributed by atoms with Crippen molar-refractivity contribution in [3.05, 3.63) is 0 Å². The van der Waals surface area contributed by atoms with Gasteiger partial charge in [0.2, 0.25) is 0 Å². The molecule has 0 bridgehead atoms. The maximum atomic E-state index is 6.04. The highest BCUT2D eigenvalue weighted by Crippen LogP contribution is 2.23. The Morgan fingerprint density at radius 2 is 1.87 bits per heavy atom. The molecule has 1 fully saturated rings. The summed E-state index contributed by atoms with van der Waals surface area (Å²) in [6.07, 6.45) is 4.27. The predicted octanol–water partition coefficient (Wildman–Crippen LogP) is 1.95. The van der Waals surface area contributed by atoms with Crippen molar-refractivity contribution in [2.24, 2.45) is 11.7 Å². The van der Waals surface area contributed by atoms with Crippen molar-refractivity contribution in [2.45, 2.75) is 45.1 Å². The van der Waals surface area contributed by atoms with Gasteiger partial charge in [-0.3, -0.25) is 0 Å². The molecule has 2 N–H and O–H groups in total. The summed E-state index contributed by atoms with van der Waals surface area (Å²) >= 11 is 0. The fraction of sp³-hybridized carbons (Fsp3) is 1.00. The van der Waals surface area contributed by atoms with Gasteiger partial charge in [0.1, 0.15) is 0 Å². The summed E-state index contributed by atoms with van der Waals surface area (Å²) in [5.41, 5.74) is 5.71. The molecule has 0 aromatic heterocycles. The molecule has 90 valence electrons. The quantitative estimate of drug-likeness (QED) is 0.736. The Labute approximate surface area is 93.3 Å². The van der Waals surface area contributed by atoms with Gasteiger partial charge in [0.15, 0.2) is 0 Å². The van der Waals surface area contributed by atoms with Crippen molar-refractivity contribution in [1.82, 2.24) is 0 Å². The third-order valence-corrected chi connectivity index (χ3v) is 3.63. The van der Waals surface area contributed by atoms with Crippen LogP contribution in [0.1, 0.15) is 39.5 Å². The molecule has 1 saturated heterocycles. The van der Waals surface area contributed by atoms with Gasteiger partial charge in [0.25, 0.3) is 0 Å². The topological polar surface area (TPSA) is 44.5 Å². The predicted molar refractivity (Wildman–Crippen MR) is 61.9 cm³/mol. The molecule has 1 heterocycles. The smallest absolute Gasteiger partial charge is 0.0799 e. The fourth-order valence-electron chi connectivity index (χ4n) is 2.01. The molecule has 0 radical (unpaired) electrons. The summed E-state index contributed by atoms with van der Waals surface area (Å²) in [6, 6.07) is 0. The lowest BCUT2D eigenvalue weighted by molar-refractivity contribution is -0.0746. The summed E-state index contributed by atoms with van der Waals surface area (Å²) in [5, 5.41) is 0. The standard InChI is InChI=1S/C12H25NO2/c1-3-12(4-2,10-13)15-9-11-5-7-14-8-6-11/h11H,3-10,13H2,1-2H3. The fourth-order valence-corrected chi connectivity index (χ4v) is 2.01. The summed E-state index contributed by atoms with van der Waals surface area (Å²) in [6.45, 7) is 7.57. The largest absolute Gasteiger partial charge is 0.381 e. The molecular formula is C12H25NO2. The van der Waals surface area contributed by atoms with E-state index in [2.05, 4.69) is 13.8 Å². The SMILES string of the molecule is CCC(CC)(CN)OCC1CCOCC1. The van der Waals surface area contributed by atoms with E-state index >= 15 is 0 Å². The lowest BCUT2D eigenvalue weighted by atomic mass is 9.96. The Hall–Kier alpha value is -0.120. The van der Waals surface area contributed by atoms with E-state index < -0.39 is 0 Å². The van der Waals surface area contributed by atoms with Crippen LogP contribution in [0, 0.1) is 5.92 Å². The normalized spacial score (nSPS) is 19.4. The summed E-state index contributed by atoms with van der Waals surface area (Å²) < 4.78 is 11.4. The molecular weight excluding hydrogens is 190 g/mol. The molecule has 3 heteroatoms. The van der Waals surface area contributed by atoms with Crippen molar-refractivity contribution in [3.8, 4) is 0 Å². The van der Waals surface area contributed by atoms with Crippen LogP contribution >= 0.6 is 0 Å². The van der Waals surface area contributed by atoms with E-state index in [0.29, 0.717) is 12.5 Å². The summed E-state index contributed by atoms with van der Waals surface area (Å²) in [7, 11) is 0. The molecule has 0 aromatic carbocycles. The third kappa shape index (κ3) is 3.74. The molecule has 1 rings (SSSR count). The van der Waals surface area contributed by atoms with Crippen LogP contribution < -0.4 is 5.73 Å². The first-order valence-electron chi connectivity index (χ1n) is 6.18. The number of rotatable bonds is 6. The third-order valence-electron chi connectivity index (χ3n) is 3.63. The summed E-state index contributed by atoms with van der Waals surface area (Å²) in [5.74, 6) is 0.669. The van der Waals surface area contributed by atoms with Gasteiger partial charge in [-0.1, -0.05) is 13.8 Å². The Bertz CT molecular complexity index is 155. The van der Waals surface area contributed by atoms with Crippen molar-refractivity contribution in [1.29, 1.82) is 0 Å². The molecule has 0 amide bonds. The zero-order chi connectivity index (χ0) is 11.1. The van der Waals surface area contributed by atoms with Crippen LogP contribution in [-0.4, -0.2) is 32.0 Å². The molecule has 0 aromatic rings. The Balaban J connectivity index is 2.31. The van der Waals surface area contributed by atoms with Gasteiger partial charge in [-0.15, -0.1) is 0 Å². The Morgan fingerprint density at radius 1 is 1.27 bits per heavy atom. The van der Waals surface area contributed by atoms with Gasteiger partial charge in [0, 0.05) is 19.8 Å². The zero-order valence-corrected chi connectivity index (χ0v) is 10.1. The van der Waals surface area contributed by atoms with E-state index in [1.807, 2.05) is 0 Å². The van der Waals surface area contributed by atoms with E-state index in [-0.39, 0.29) is 5.60 Å². The minimum atomic E-state index is -0.0850. The molecule has 1 aliphatic heterocycles. The van der Waals surface area contributed by atoms with E-state index in [4.69, 9.17) is 15.2 Å². The van der Waals surface area contributed by atoms with Crippen LogP contribution in [-0.2, 0) is 9.47 Å². The van der Waals surface area contributed by atoms with E-state index in [1.165, 1.54) is 0 Å². The van der Waals surface area contributed by atoms with E-state index in [1.54, 1.807) is 0 Å². The average Bonchev–Trinajstić information content (AvgIpc) is 2.33. The highest BCUT2D eigenvalue weighted by Gasteiger charge is 2.26. The van der Waals surface area contributed by atoms with Crippen LogP contribution in [0.3, 0.4) is 0 Å². The van der Waals surface area contributed by atoms with Crippen LogP contribution in [0.5, 0.6) is 0 Å². The number of nitrogens with two attached hydrogens (primary N) is 1. The van der Waals surface area contributed by atoms with Gasteiger partial charge in [-0.2, -0.15) is 0 Å². The minimum Gasteiger partial charge on any atom is -0.381 e.